The van der Waals surface area contributed by atoms with Crippen molar-refractivity contribution < 1.29 is 9.59 Å². The van der Waals surface area contributed by atoms with Crippen molar-refractivity contribution in [1.29, 1.82) is 0 Å². The zero-order valence-corrected chi connectivity index (χ0v) is 17.7. The van der Waals surface area contributed by atoms with Crippen molar-refractivity contribution in [3.8, 4) is 9.88 Å². The third-order valence-corrected chi connectivity index (χ3v) is 6.13. The first-order chi connectivity index (χ1) is 13.4. The topological polar surface area (TPSA) is 83.1 Å². The summed E-state index contributed by atoms with van der Waals surface area (Å²) in [6, 6.07) is 9.66. The predicted octanol–water partition coefficient (Wildman–Crippen LogP) is 3.94. The number of thiazole rings is 1. The van der Waals surface area contributed by atoms with Gasteiger partial charge in [0.1, 0.15) is 5.01 Å². The van der Waals surface area contributed by atoms with Crippen LogP contribution in [0.1, 0.15) is 16.8 Å². The smallest absolute Gasteiger partial charge is 0.257 e. The van der Waals surface area contributed by atoms with Gasteiger partial charge < -0.3 is 5.32 Å². The van der Waals surface area contributed by atoms with E-state index in [1.54, 1.807) is 0 Å². The largest absolute Gasteiger partial charge is 0.376 e. The molecule has 6 nitrogen and oxygen atoms in total. The maximum atomic E-state index is 12.0. The minimum absolute atomic E-state index is 0.0597. The van der Waals surface area contributed by atoms with E-state index in [9.17, 15) is 9.59 Å². The summed E-state index contributed by atoms with van der Waals surface area (Å²) in [6.07, 6.45) is 0.0837. The van der Waals surface area contributed by atoms with E-state index in [1.807, 2.05) is 49.6 Å². The second-order valence-electron chi connectivity index (χ2n) is 6.19. The number of aromatic nitrogens is 1. The number of halogens is 1. The Balaban J connectivity index is 1.44. The Labute approximate surface area is 175 Å². The molecule has 0 bridgehead atoms. The molecule has 0 spiro atoms. The van der Waals surface area contributed by atoms with Crippen LogP contribution in [0.3, 0.4) is 0 Å². The van der Waals surface area contributed by atoms with Crippen molar-refractivity contribution in [2.45, 2.75) is 20.3 Å². The number of amides is 2. The maximum absolute atomic E-state index is 12.0. The number of carbonyl (C=O) groups excluding carboxylic acids is 2. The lowest BCUT2D eigenvalue weighted by Gasteiger charge is -2.11. The molecule has 3 rings (SSSR count). The summed E-state index contributed by atoms with van der Waals surface area (Å²) in [6.45, 7) is 4.05. The van der Waals surface area contributed by atoms with E-state index in [0.29, 0.717) is 10.0 Å². The fourth-order valence-corrected chi connectivity index (χ4v) is 4.45. The third-order valence-electron chi connectivity index (χ3n) is 3.84. The van der Waals surface area contributed by atoms with Gasteiger partial charge in [-0.25, -0.2) is 4.98 Å². The summed E-state index contributed by atoms with van der Waals surface area (Å²) in [5, 5.41) is 5.70. The van der Waals surface area contributed by atoms with Crippen LogP contribution in [0.15, 0.2) is 35.7 Å². The number of carbonyl (C=O) groups is 2. The van der Waals surface area contributed by atoms with Crippen molar-refractivity contribution in [3.05, 3.63) is 56.9 Å². The van der Waals surface area contributed by atoms with Crippen molar-refractivity contribution in [2.75, 3.05) is 11.9 Å². The number of hydrogen-bond donors (Lipinski definition) is 3. The summed E-state index contributed by atoms with van der Waals surface area (Å²) < 4.78 is 0.696. The van der Waals surface area contributed by atoms with E-state index in [-0.39, 0.29) is 24.8 Å². The van der Waals surface area contributed by atoms with Gasteiger partial charge in [0.05, 0.1) is 27.9 Å². The molecule has 2 heterocycles. The molecular formula is C19H19ClN4O2S2. The highest BCUT2D eigenvalue weighted by Gasteiger charge is 2.11. The minimum atomic E-state index is -0.333. The number of thiophene rings is 1. The molecule has 0 atom stereocenters. The van der Waals surface area contributed by atoms with Gasteiger partial charge in [-0.3, -0.25) is 20.4 Å². The lowest BCUT2D eigenvalue weighted by atomic mass is 10.1. The first-order valence-electron chi connectivity index (χ1n) is 8.49. The molecule has 0 radical (unpaired) electrons. The molecule has 0 aliphatic carbocycles. The van der Waals surface area contributed by atoms with Crippen LogP contribution in [0.4, 0.5) is 5.69 Å². The van der Waals surface area contributed by atoms with Crippen LogP contribution < -0.4 is 16.2 Å². The van der Waals surface area contributed by atoms with Crippen LogP contribution in [0.25, 0.3) is 9.88 Å². The maximum Gasteiger partial charge on any atom is 0.257 e. The van der Waals surface area contributed by atoms with Crippen molar-refractivity contribution in [3.63, 3.8) is 0 Å². The zero-order valence-electron chi connectivity index (χ0n) is 15.3. The van der Waals surface area contributed by atoms with Crippen molar-refractivity contribution >= 4 is 51.8 Å². The Morgan fingerprint density at radius 2 is 1.89 bits per heavy atom. The summed E-state index contributed by atoms with van der Waals surface area (Å²) >= 11 is 8.83. The fraction of sp³-hybridized carbons (Fsp3) is 0.211. The monoisotopic (exact) mass is 434 g/mol. The van der Waals surface area contributed by atoms with Crippen molar-refractivity contribution in [1.82, 2.24) is 15.8 Å². The fourth-order valence-electron chi connectivity index (χ4n) is 2.51. The number of rotatable bonds is 6. The average molecular weight is 435 g/mol. The molecule has 2 amide bonds. The Morgan fingerprint density at radius 3 is 2.61 bits per heavy atom. The number of nitrogens with one attached hydrogen (secondary N) is 3. The number of hydrazine groups is 1. The quantitative estimate of drug-likeness (QED) is 0.513. The Bertz CT molecular complexity index is 999. The molecule has 0 saturated heterocycles. The normalized spacial score (nSPS) is 10.5. The van der Waals surface area contributed by atoms with Gasteiger partial charge in [0.15, 0.2) is 0 Å². The van der Waals surface area contributed by atoms with Gasteiger partial charge in [0.25, 0.3) is 5.91 Å². The molecule has 2 aromatic heterocycles. The molecule has 0 aliphatic rings. The van der Waals surface area contributed by atoms with E-state index in [2.05, 4.69) is 21.2 Å². The zero-order chi connectivity index (χ0) is 20.1. The van der Waals surface area contributed by atoms with Crippen LogP contribution >= 0.6 is 34.3 Å². The van der Waals surface area contributed by atoms with Crippen LogP contribution in [0.5, 0.6) is 0 Å². The predicted molar refractivity (Wildman–Crippen MR) is 115 cm³/mol. The van der Waals surface area contributed by atoms with Crippen LogP contribution in [0, 0.1) is 13.8 Å². The van der Waals surface area contributed by atoms with Gasteiger partial charge in [0.2, 0.25) is 5.91 Å². The van der Waals surface area contributed by atoms with Gasteiger partial charge in [-0.05, 0) is 37.6 Å². The molecule has 0 aliphatic heterocycles. The van der Waals surface area contributed by atoms with Crippen LogP contribution in [0.2, 0.25) is 4.34 Å². The molecule has 0 saturated carbocycles. The van der Waals surface area contributed by atoms with E-state index < -0.39 is 0 Å². The van der Waals surface area contributed by atoms with E-state index >= 15 is 0 Å². The lowest BCUT2D eigenvalue weighted by Crippen LogP contribution is -2.44. The Kier molecular flexibility index (Phi) is 6.66. The molecule has 28 heavy (non-hydrogen) atoms. The molecule has 0 fully saturated rings. The van der Waals surface area contributed by atoms with Gasteiger partial charge in [-0.2, -0.15) is 0 Å². The summed E-state index contributed by atoms with van der Waals surface area (Å²) in [5.41, 5.74) is 8.56. The Hall–Kier alpha value is -2.42. The standard InChI is InChI=1S/C19H19ClN4O2S2/c1-11-3-4-14(12(2)7-11)21-9-18(26)24-23-17(25)8-13-10-27-19(22-13)15-5-6-16(20)28-15/h3-7,10,21H,8-9H2,1-2H3,(H,23,25)(H,24,26). The highest BCUT2D eigenvalue weighted by atomic mass is 35.5. The molecule has 0 unspecified atom stereocenters. The van der Waals surface area contributed by atoms with Crippen LogP contribution in [-0.4, -0.2) is 23.3 Å². The first-order valence-corrected chi connectivity index (χ1v) is 10.6. The lowest BCUT2D eigenvalue weighted by molar-refractivity contribution is -0.127. The van der Waals surface area contributed by atoms with Gasteiger partial charge in [0, 0.05) is 11.1 Å². The highest BCUT2D eigenvalue weighted by molar-refractivity contribution is 7.23. The molecule has 1 aromatic carbocycles. The molecule has 3 N–H and O–H groups in total. The van der Waals surface area contributed by atoms with Gasteiger partial charge in [-0.1, -0.05) is 29.3 Å². The summed E-state index contributed by atoms with van der Waals surface area (Å²) in [5.74, 6) is -0.665. The average Bonchev–Trinajstić information content (AvgIpc) is 3.28. The van der Waals surface area contributed by atoms with E-state index in [4.69, 9.17) is 11.6 Å². The second kappa shape index (κ2) is 9.18. The summed E-state index contributed by atoms with van der Waals surface area (Å²) in [4.78, 5) is 29.4. The van der Waals surface area contributed by atoms with E-state index in [1.165, 1.54) is 22.7 Å². The number of benzene rings is 1. The van der Waals surface area contributed by atoms with E-state index in [0.717, 1.165) is 26.7 Å². The third kappa shape index (κ3) is 5.54. The second-order valence-corrected chi connectivity index (χ2v) is 8.77. The van der Waals surface area contributed by atoms with Gasteiger partial charge >= 0.3 is 0 Å². The highest BCUT2D eigenvalue weighted by Crippen LogP contribution is 2.32. The summed E-state index contributed by atoms with van der Waals surface area (Å²) in [7, 11) is 0. The number of anilines is 1. The number of nitrogens with zero attached hydrogens (tertiary/aromatic N) is 1. The van der Waals surface area contributed by atoms with Gasteiger partial charge in [-0.15, -0.1) is 22.7 Å². The first kappa shape index (κ1) is 20.3. The minimum Gasteiger partial charge on any atom is -0.376 e. The molecular weight excluding hydrogens is 416 g/mol. The Morgan fingerprint density at radius 1 is 1.11 bits per heavy atom. The molecule has 146 valence electrons. The molecule has 9 heteroatoms. The van der Waals surface area contributed by atoms with Crippen LogP contribution in [-0.2, 0) is 16.0 Å². The van der Waals surface area contributed by atoms with Crippen molar-refractivity contribution in [2.24, 2.45) is 0 Å². The number of aryl methyl sites for hydroxylation is 2. The SMILES string of the molecule is Cc1ccc(NCC(=O)NNC(=O)Cc2csc(-c3ccc(Cl)s3)n2)c(C)c1. The molecule has 3 aromatic rings. The number of hydrogen-bond acceptors (Lipinski definition) is 6.